The second-order valence-corrected chi connectivity index (χ2v) is 4.93. The molecule has 1 saturated heterocycles. The van der Waals surface area contributed by atoms with E-state index in [0.717, 1.165) is 31.1 Å². The quantitative estimate of drug-likeness (QED) is 0.819. The van der Waals surface area contributed by atoms with Gasteiger partial charge in [0.05, 0.1) is 0 Å². The molecule has 0 saturated carbocycles. The lowest BCUT2D eigenvalue weighted by molar-refractivity contribution is 0.171. The van der Waals surface area contributed by atoms with Crippen molar-refractivity contribution in [1.82, 2.24) is 5.32 Å². The fraction of sp³-hybridized carbons (Fsp3) is 0.571. The third-order valence-corrected chi connectivity index (χ3v) is 3.58. The zero-order chi connectivity index (χ0) is 12.4. The van der Waals surface area contributed by atoms with Crippen molar-refractivity contribution < 1.29 is 9.47 Å². The summed E-state index contributed by atoms with van der Waals surface area (Å²) in [6.07, 6.45) is 1.18. The summed E-state index contributed by atoms with van der Waals surface area (Å²) < 4.78 is 11.2. The van der Waals surface area contributed by atoms with Crippen molar-refractivity contribution in [1.29, 1.82) is 0 Å². The standard InChI is InChI=1S/C14H20N2O2/c1-11-10-15-5-2-6-16(11)12-3-4-13-14(9-12)18-8-7-17-13/h3-4,9,11,15H,2,5-8,10H2,1H3. The number of fused-ring (bicyclic) bond motifs is 1. The Morgan fingerprint density at radius 2 is 2.06 bits per heavy atom. The van der Waals surface area contributed by atoms with Gasteiger partial charge in [0.15, 0.2) is 11.5 Å². The number of hydrogen-bond donors (Lipinski definition) is 1. The van der Waals surface area contributed by atoms with Gasteiger partial charge < -0.3 is 19.7 Å². The summed E-state index contributed by atoms with van der Waals surface area (Å²) in [6, 6.07) is 6.77. The third kappa shape index (κ3) is 2.25. The fourth-order valence-corrected chi connectivity index (χ4v) is 2.61. The lowest BCUT2D eigenvalue weighted by Gasteiger charge is -2.30. The molecule has 0 aromatic heterocycles. The van der Waals surface area contributed by atoms with Gasteiger partial charge in [0.1, 0.15) is 13.2 Å². The van der Waals surface area contributed by atoms with Crippen LogP contribution in [0.1, 0.15) is 13.3 Å². The van der Waals surface area contributed by atoms with Gasteiger partial charge in [0.2, 0.25) is 0 Å². The lowest BCUT2D eigenvalue weighted by Crippen LogP contribution is -2.37. The summed E-state index contributed by atoms with van der Waals surface area (Å²) in [7, 11) is 0. The summed E-state index contributed by atoms with van der Waals surface area (Å²) in [5.41, 5.74) is 1.23. The minimum absolute atomic E-state index is 0.509. The van der Waals surface area contributed by atoms with Gasteiger partial charge in [0.25, 0.3) is 0 Å². The highest BCUT2D eigenvalue weighted by atomic mass is 16.6. The summed E-state index contributed by atoms with van der Waals surface area (Å²) in [5, 5.41) is 3.46. The van der Waals surface area contributed by atoms with Crippen LogP contribution in [0, 0.1) is 0 Å². The largest absolute Gasteiger partial charge is 0.486 e. The summed E-state index contributed by atoms with van der Waals surface area (Å²) >= 11 is 0. The van der Waals surface area contributed by atoms with Crippen LogP contribution in [0.4, 0.5) is 5.69 Å². The van der Waals surface area contributed by atoms with Gasteiger partial charge in [0, 0.05) is 30.9 Å². The first-order chi connectivity index (χ1) is 8.84. The van der Waals surface area contributed by atoms with E-state index in [4.69, 9.17) is 9.47 Å². The highest BCUT2D eigenvalue weighted by Crippen LogP contribution is 2.34. The van der Waals surface area contributed by atoms with Crippen LogP contribution >= 0.6 is 0 Å². The number of hydrogen-bond acceptors (Lipinski definition) is 4. The van der Waals surface area contributed by atoms with E-state index in [1.54, 1.807) is 0 Å². The Labute approximate surface area is 108 Å². The van der Waals surface area contributed by atoms with Gasteiger partial charge >= 0.3 is 0 Å². The number of anilines is 1. The molecule has 1 N–H and O–H groups in total. The smallest absolute Gasteiger partial charge is 0.163 e. The molecule has 4 nitrogen and oxygen atoms in total. The van der Waals surface area contributed by atoms with Crippen LogP contribution < -0.4 is 19.7 Å². The maximum atomic E-state index is 5.65. The first-order valence-electron chi connectivity index (χ1n) is 6.71. The minimum Gasteiger partial charge on any atom is -0.486 e. The molecule has 1 aromatic carbocycles. The van der Waals surface area contributed by atoms with Crippen LogP contribution in [-0.2, 0) is 0 Å². The van der Waals surface area contributed by atoms with Crippen LogP contribution in [0.15, 0.2) is 18.2 Å². The van der Waals surface area contributed by atoms with Gasteiger partial charge in [-0.2, -0.15) is 0 Å². The average molecular weight is 248 g/mol. The van der Waals surface area contributed by atoms with Crippen LogP contribution in [0.2, 0.25) is 0 Å². The molecule has 1 unspecified atom stereocenters. The van der Waals surface area contributed by atoms with Crippen LogP contribution in [-0.4, -0.2) is 38.9 Å². The topological polar surface area (TPSA) is 33.7 Å². The van der Waals surface area contributed by atoms with Crippen LogP contribution in [0.25, 0.3) is 0 Å². The van der Waals surface area contributed by atoms with E-state index >= 15 is 0 Å². The van der Waals surface area contributed by atoms with E-state index in [-0.39, 0.29) is 0 Å². The molecular formula is C14H20N2O2. The molecule has 0 aliphatic carbocycles. The van der Waals surface area contributed by atoms with Crippen LogP contribution in [0.3, 0.4) is 0 Å². The number of nitrogens with zero attached hydrogens (tertiary/aromatic N) is 1. The maximum absolute atomic E-state index is 5.65. The molecule has 1 aromatic rings. The van der Waals surface area contributed by atoms with Gasteiger partial charge in [-0.05, 0) is 32.0 Å². The average Bonchev–Trinajstić information content (AvgIpc) is 2.63. The number of ether oxygens (including phenoxy) is 2. The molecule has 1 atom stereocenters. The van der Waals surface area contributed by atoms with Gasteiger partial charge in [-0.15, -0.1) is 0 Å². The molecule has 2 aliphatic rings. The maximum Gasteiger partial charge on any atom is 0.163 e. The second-order valence-electron chi connectivity index (χ2n) is 4.93. The van der Waals surface area contributed by atoms with E-state index in [1.807, 2.05) is 6.07 Å². The van der Waals surface area contributed by atoms with E-state index < -0.39 is 0 Å². The Bertz CT molecular complexity index is 422. The van der Waals surface area contributed by atoms with E-state index in [1.165, 1.54) is 12.1 Å². The molecule has 0 bridgehead atoms. The molecule has 2 aliphatic heterocycles. The predicted octanol–water partition coefficient (Wildman–Crippen LogP) is 1.65. The van der Waals surface area contributed by atoms with E-state index in [9.17, 15) is 0 Å². The van der Waals surface area contributed by atoms with Crippen molar-refractivity contribution in [2.45, 2.75) is 19.4 Å². The Morgan fingerprint density at radius 1 is 1.22 bits per heavy atom. The lowest BCUT2D eigenvalue weighted by atomic mass is 10.2. The number of nitrogens with one attached hydrogen (secondary N) is 1. The van der Waals surface area contributed by atoms with Gasteiger partial charge in [-0.1, -0.05) is 0 Å². The molecule has 3 rings (SSSR count). The highest BCUT2D eigenvalue weighted by molar-refractivity contribution is 5.57. The zero-order valence-electron chi connectivity index (χ0n) is 10.8. The SMILES string of the molecule is CC1CNCCCN1c1ccc2c(c1)OCCO2. The molecule has 0 radical (unpaired) electrons. The Morgan fingerprint density at radius 3 is 2.94 bits per heavy atom. The second kappa shape index (κ2) is 5.06. The molecule has 0 amide bonds. The Balaban J connectivity index is 1.86. The predicted molar refractivity (Wildman–Crippen MR) is 71.7 cm³/mol. The number of benzene rings is 1. The molecule has 0 spiro atoms. The van der Waals surface area contributed by atoms with Gasteiger partial charge in [-0.25, -0.2) is 0 Å². The molecule has 1 fully saturated rings. The van der Waals surface area contributed by atoms with Crippen molar-refractivity contribution in [2.24, 2.45) is 0 Å². The van der Waals surface area contributed by atoms with E-state index in [2.05, 4.69) is 29.3 Å². The zero-order valence-corrected chi connectivity index (χ0v) is 10.8. The molecule has 4 heteroatoms. The Hall–Kier alpha value is -1.42. The molecular weight excluding hydrogens is 228 g/mol. The van der Waals surface area contributed by atoms with Crippen molar-refractivity contribution in [3.63, 3.8) is 0 Å². The van der Waals surface area contributed by atoms with Crippen molar-refractivity contribution in [3.8, 4) is 11.5 Å². The summed E-state index contributed by atoms with van der Waals surface area (Å²) in [5.74, 6) is 1.74. The molecule has 18 heavy (non-hydrogen) atoms. The van der Waals surface area contributed by atoms with Gasteiger partial charge in [-0.3, -0.25) is 0 Å². The van der Waals surface area contributed by atoms with Crippen molar-refractivity contribution >= 4 is 5.69 Å². The Kier molecular flexibility index (Phi) is 3.28. The summed E-state index contributed by atoms with van der Waals surface area (Å²) in [6.45, 7) is 6.78. The monoisotopic (exact) mass is 248 g/mol. The van der Waals surface area contributed by atoms with Crippen molar-refractivity contribution in [3.05, 3.63) is 18.2 Å². The third-order valence-electron chi connectivity index (χ3n) is 3.58. The first-order valence-corrected chi connectivity index (χ1v) is 6.71. The van der Waals surface area contributed by atoms with Crippen LogP contribution in [0.5, 0.6) is 11.5 Å². The molecule has 98 valence electrons. The molecule has 2 heterocycles. The van der Waals surface area contributed by atoms with E-state index in [0.29, 0.717) is 19.3 Å². The first kappa shape index (κ1) is 11.7. The minimum atomic E-state index is 0.509. The number of rotatable bonds is 1. The highest BCUT2D eigenvalue weighted by Gasteiger charge is 2.19. The normalized spacial score (nSPS) is 23.6. The summed E-state index contributed by atoms with van der Waals surface area (Å²) in [4.78, 5) is 2.44. The fourth-order valence-electron chi connectivity index (χ4n) is 2.61. The van der Waals surface area contributed by atoms with Crippen molar-refractivity contribution in [2.75, 3.05) is 37.7 Å².